The van der Waals surface area contributed by atoms with E-state index < -0.39 is 11.7 Å². The number of hydrogen-bond acceptors (Lipinski definition) is 2. The molecule has 3 aliphatic rings. The first-order valence-corrected chi connectivity index (χ1v) is 9.59. The standard InChI is InChI=1S/C20H25F3N2O/c21-20(22,23)15-6-4-14(5-7-15)17-3-1-2-12-25(17)18(26)16-13-19(16)8-10-24-11-9-19/h4-7,16-17,24H,1-3,8-13H2. The Kier molecular flexibility index (Phi) is 4.49. The summed E-state index contributed by atoms with van der Waals surface area (Å²) >= 11 is 0. The van der Waals surface area contributed by atoms with Crippen LogP contribution >= 0.6 is 0 Å². The van der Waals surface area contributed by atoms with E-state index >= 15 is 0 Å². The lowest BCUT2D eigenvalue weighted by molar-refractivity contribution is -0.138. The molecule has 2 saturated heterocycles. The quantitative estimate of drug-likeness (QED) is 0.853. The predicted octanol–water partition coefficient (Wildman–Crippen LogP) is 4.15. The number of halogens is 3. The van der Waals surface area contributed by atoms with Crippen molar-refractivity contribution in [2.24, 2.45) is 11.3 Å². The number of rotatable bonds is 2. The zero-order valence-electron chi connectivity index (χ0n) is 14.8. The van der Waals surface area contributed by atoms with E-state index in [-0.39, 0.29) is 23.3 Å². The molecular weight excluding hydrogens is 341 g/mol. The summed E-state index contributed by atoms with van der Waals surface area (Å²) in [5.74, 6) is 0.330. The van der Waals surface area contributed by atoms with Gasteiger partial charge in [0.2, 0.25) is 5.91 Å². The van der Waals surface area contributed by atoms with Crippen molar-refractivity contribution >= 4 is 5.91 Å². The normalized spacial score (nSPS) is 28.2. The summed E-state index contributed by atoms with van der Waals surface area (Å²) in [6.07, 6.45) is 1.59. The third kappa shape index (κ3) is 3.24. The van der Waals surface area contributed by atoms with E-state index in [1.807, 2.05) is 4.90 Å². The molecule has 3 nitrogen and oxygen atoms in total. The molecule has 1 aliphatic carbocycles. The number of alkyl halides is 3. The van der Waals surface area contributed by atoms with Gasteiger partial charge in [-0.05, 0) is 74.7 Å². The maximum Gasteiger partial charge on any atom is 0.416 e. The average Bonchev–Trinajstić information content (AvgIpc) is 3.34. The van der Waals surface area contributed by atoms with Crippen LogP contribution in [0.4, 0.5) is 13.2 Å². The number of carbonyl (C=O) groups is 1. The zero-order valence-corrected chi connectivity index (χ0v) is 14.8. The fraction of sp³-hybridized carbons (Fsp3) is 0.650. The minimum absolute atomic E-state index is 0.0853. The first-order valence-electron chi connectivity index (χ1n) is 9.59. The van der Waals surface area contributed by atoms with Crippen molar-refractivity contribution in [3.63, 3.8) is 0 Å². The van der Waals surface area contributed by atoms with Crippen LogP contribution in [-0.4, -0.2) is 30.4 Å². The van der Waals surface area contributed by atoms with E-state index in [0.29, 0.717) is 0 Å². The second-order valence-electron chi connectivity index (χ2n) is 8.03. The van der Waals surface area contributed by atoms with Crippen molar-refractivity contribution in [3.8, 4) is 0 Å². The van der Waals surface area contributed by atoms with Crippen LogP contribution in [0.5, 0.6) is 0 Å². The highest BCUT2D eigenvalue weighted by Gasteiger charge is 2.59. The van der Waals surface area contributed by atoms with Crippen LogP contribution in [0.2, 0.25) is 0 Å². The van der Waals surface area contributed by atoms with Crippen LogP contribution in [0, 0.1) is 11.3 Å². The largest absolute Gasteiger partial charge is 0.416 e. The summed E-state index contributed by atoms with van der Waals surface area (Å²) in [6, 6.07) is 5.28. The van der Waals surface area contributed by atoms with E-state index in [1.54, 1.807) is 12.1 Å². The highest BCUT2D eigenvalue weighted by molar-refractivity contribution is 5.83. The predicted molar refractivity (Wildman–Crippen MR) is 92.4 cm³/mol. The van der Waals surface area contributed by atoms with Gasteiger partial charge in [0, 0.05) is 12.5 Å². The monoisotopic (exact) mass is 366 g/mol. The molecule has 0 radical (unpaired) electrons. The van der Waals surface area contributed by atoms with Gasteiger partial charge in [-0.25, -0.2) is 0 Å². The van der Waals surface area contributed by atoms with Gasteiger partial charge in [0.05, 0.1) is 11.6 Å². The van der Waals surface area contributed by atoms with E-state index in [4.69, 9.17) is 0 Å². The smallest absolute Gasteiger partial charge is 0.335 e. The van der Waals surface area contributed by atoms with Gasteiger partial charge in [0.1, 0.15) is 0 Å². The maximum absolute atomic E-state index is 13.2. The molecule has 0 aromatic heterocycles. The molecule has 4 rings (SSSR count). The summed E-state index contributed by atoms with van der Waals surface area (Å²) in [7, 11) is 0. The summed E-state index contributed by atoms with van der Waals surface area (Å²) in [5.41, 5.74) is 0.377. The number of hydrogen-bond donors (Lipinski definition) is 1. The SMILES string of the molecule is O=C(C1CC12CCNCC2)N1CCCCC1c1ccc(C(F)(F)F)cc1. The Morgan fingerprint density at radius 2 is 1.81 bits per heavy atom. The van der Waals surface area contributed by atoms with Crippen molar-refractivity contribution in [3.05, 3.63) is 35.4 Å². The van der Waals surface area contributed by atoms with E-state index in [2.05, 4.69) is 5.32 Å². The highest BCUT2D eigenvalue weighted by Crippen LogP contribution is 2.59. The molecule has 2 heterocycles. The molecule has 1 aromatic rings. The Bertz CT molecular complexity index is 665. The van der Waals surface area contributed by atoms with Crippen LogP contribution in [0.3, 0.4) is 0 Å². The molecule has 1 spiro atoms. The Hall–Kier alpha value is -1.56. The van der Waals surface area contributed by atoms with Crippen molar-refractivity contribution in [2.75, 3.05) is 19.6 Å². The number of carbonyl (C=O) groups excluding carboxylic acids is 1. The fourth-order valence-electron chi connectivity index (χ4n) is 4.81. The van der Waals surface area contributed by atoms with Gasteiger partial charge < -0.3 is 10.2 Å². The lowest BCUT2D eigenvalue weighted by Gasteiger charge is -2.37. The Labute approximate surface area is 151 Å². The Balaban J connectivity index is 1.51. The number of nitrogens with one attached hydrogen (secondary N) is 1. The number of nitrogens with zero attached hydrogens (tertiary/aromatic N) is 1. The molecule has 0 bridgehead atoms. The molecule has 6 heteroatoms. The minimum Gasteiger partial charge on any atom is -0.335 e. The first kappa shape index (κ1) is 17.8. The van der Waals surface area contributed by atoms with Crippen molar-refractivity contribution in [1.29, 1.82) is 0 Å². The van der Waals surface area contributed by atoms with Gasteiger partial charge in [-0.1, -0.05) is 12.1 Å². The third-order valence-corrected chi connectivity index (χ3v) is 6.50. The number of amides is 1. The minimum atomic E-state index is -4.32. The summed E-state index contributed by atoms with van der Waals surface area (Å²) in [4.78, 5) is 15.1. The molecule has 2 atom stereocenters. The molecule has 1 amide bonds. The van der Waals surface area contributed by atoms with Crippen LogP contribution < -0.4 is 5.32 Å². The lowest BCUT2D eigenvalue weighted by Crippen LogP contribution is -2.41. The lowest BCUT2D eigenvalue weighted by atomic mass is 9.90. The molecule has 2 aliphatic heterocycles. The molecular formula is C20H25F3N2O. The van der Waals surface area contributed by atoms with Gasteiger partial charge in [0.15, 0.2) is 0 Å². The van der Waals surface area contributed by atoms with Gasteiger partial charge in [-0.3, -0.25) is 4.79 Å². The van der Waals surface area contributed by atoms with Crippen LogP contribution in [0.25, 0.3) is 0 Å². The van der Waals surface area contributed by atoms with E-state index in [1.165, 1.54) is 0 Å². The third-order valence-electron chi connectivity index (χ3n) is 6.50. The average molecular weight is 366 g/mol. The second-order valence-corrected chi connectivity index (χ2v) is 8.03. The van der Waals surface area contributed by atoms with Gasteiger partial charge in [-0.2, -0.15) is 13.2 Å². The molecule has 3 fully saturated rings. The fourth-order valence-corrected chi connectivity index (χ4v) is 4.81. The van der Waals surface area contributed by atoms with E-state index in [9.17, 15) is 18.0 Å². The van der Waals surface area contributed by atoms with Crippen molar-refractivity contribution < 1.29 is 18.0 Å². The molecule has 26 heavy (non-hydrogen) atoms. The van der Waals surface area contributed by atoms with Gasteiger partial charge >= 0.3 is 6.18 Å². The molecule has 1 saturated carbocycles. The Morgan fingerprint density at radius 3 is 2.46 bits per heavy atom. The molecule has 1 aromatic carbocycles. The highest BCUT2D eigenvalue weighted by atomic mass is 19.4. The van der Waals surface area contributed by atoms with Gasteiger partial charge in [-0.15, -0.1) is 0 Å². The van der Waals surface area contributed by atoms with Crippen LogP contribution in [0.1, 0.15) is 55.7 Å². The summed E-state index contributed by atoms with van der Waals surface area (Å²) < 4.78 is 38.4. The summed E-state index contributed by atoms with van der Waals surface area (Å²) in [5, 5.41) is 3.35. The topological polar surface area (TPSA) is 32.3 Å². The molecule has 142 valence electrons. The number of benzene rings is 1. The second kappa shape index (κ2) is 6.55. The maximum atomic E-state index is 13.2. The van der Waals surface area contributed by atoms with Crippen LogP contribution in [-0.2, 0) is 11.0 Å². The zero-order chi connectivity index (χ0) is 18.4. The van der Waals surface area contributed by atoms with Gasteiger partial charge in [0.25, 0.3) is 0 Å². The summed E-state index contributed by atoms with van der Waals surface area (Å²) in [6.45, 7) is 2.67. The molecule has 1 N–H and O–H groups in total. The van der Waals surface area contributed by atoms with Crippen molar-refractivity contribution in [2.45, 2.75) is 50.7 Å². The van der Waals surface area contributed by atoms with Crippen molar-refractivity contribution in [1.82, 2.24) is 10.2 Å². The molecule has 2 unspecified atom stereocenters. The Morgan fingerprint density at radius 1 is 1.12 bits per heavy atom. The first-order chi connectivity index (χ1) is 12.4. The number of likely N-dealkylation sites (tertiary alicyclic amines) is 1. The number of piperidine rings is 2. The van der Waals surface area contributed by atoms with Crippen LogP contribution in [0.15, 0.2) is 24.3 Å². The van der Waals surface area contributed by atoms with E-state index in [0.717, 1.165) is 75.9 Å².